The van der Waals surface area contributed by atoms with Gasteiger partial charge in [-0.25, -0.2) is 15.0 Å². The first-order valence-corrected chi connectivity index (χ1v) is 6.92. The van der Waals surface area contributed by atoms with Gasteiger partial charge in [-0.1, -0.05) is 24.3 Å². The van der Waals surface area contributed by atoms with Gasteiger partial charge in [0.2, 0.25) is 5.76 Å². The van der Waals surface area contributed by atoms with Crippen molar-refractivity contribution in [2.45, 2.75) is 13.8 Å². The van der Waals surface area contributed by atoms with Gasteiger partial charge < -0.3 is 14.3 Å². The molecule has 0 fully saturated rings. The third kappa shape index (κ3) is 4.19. The van der Waals surface area contributed by atoms with Crippen LogP contribution < -0.4 is 5.43 Å². The second-order valence-electron chi connectivity index (χ2n) is 4.58. The van der Waals surface area contributed by atoms with Gasteiger partial charge in [-0.2, -0.15) is 5.10 Å². The number of nitrogens with one attached hydrogen (secondary N) is 1. The molecule has 0 aliphatic carbocycles. The average molecular weight is 316 g/mol. The molecule has 0 spiro atoms. The molecular weight excluding hydrogens is 300 g/mol. The van der Waals surface area contributed by atoms with E-state index in [2.05, 4.69) is 10.5 Å². The molecule has 1 amide bonds. The molecule has 120 valence electrons. The van der Waals surface area contributed by atoms with Crippen molar-refractivity contribution < 1.29 is 23.8 Å². The van der Waals surface area contributed by atoms with E-state index in [0.29, 0.717) is 11.5 Å². The second kappa shape index (κ2) is 7.26. The fourth-order valence-electron chi connectivity index (χ4n) is 1.84. The Hall–Kier alpha value is -3.09. The molecule has 0 aliphatic heterocycles. The van der Waals surface area contributed by atoms with E-state index in [-0.39, 0.29) is 12.4 Å². The molecule has 0 saturated carbocycles. The Morgan fingerprint density at radius 1 is 1.22 bits per heavy atom. The summed E-state index contributed by atoms with van der Waals surface area (Å²) in [6.07, 6.45) is -0.611. The van der Waals surface area contributed by atoms with Crippen LogP contribution in [-0.4, -0.2) is 29.5 Å². The lowest BCUT2D eigenvalue weighted by Gasteiger charge is -2.04. The minimum Gasteiger partial charge on any atom is -0.475 e. The predicted octanol–water partition coefficient (Wildman–Crippen LogP) is 3.11. The van der Waals surface area contributed by atoms with E-state index in [4.69, 9.17) is 14.3 Å². The van der Waals surface area contributed by atoms with Gasteiger partial charge in [0, 0.05) is 5.56 Å². The van der Waals surface area contributed by atoms with Gasteiger partial charge in [0.15, 0.2) is 0 Å². The number of carbonyl (C=O) groups is 2. The number of amides is 1. The highest BCUT2D eigenvalue weighted by Gasteiger charge is 2.10. The van der Waals surface area contributed by atoms with Crippen LogP contribution in [0.4, 0.5) is 4.79 Å². The first kappa shape index (κ1) is 16.3. The number of hydrazone groups is 1. The largest absolute Gasteiger partial charge is 0.475 e. The summed E-state index contributed by atoms with van der Waals surface area (Å²) < 4.78 is 9.94. The summed E-state index contributed by atoms with van der Waals surface area (Å²) in [6, 6.07) is 10.2. The highest BCUT2D eigenvalue weighted by Crippen LogP contribution is 2.22. The number of benzene rings is 1. The number of carboxylic acids is 1. The van der Waals surface area contributed by atoms with Gasteiger partial charge in [-0.3, -0.25) is 0 Å². The lowest BCUT2D eigenvalue weighted by atomic mass is 10.1. The normalized spacial score (nSPS) is 11.1. The smallest absolute Gasteiger partial charge is 0.427 e. The molecule has 7 nitrogen and oxygen atoms in total. The molecule has 0 atom stereocenters. The number of carbonyl (C=O) groups excluding carboxylic acids is 1. The first-order valence-electron chi connectivity index (χ1n) is 6.92. The van der Waals surface area contributed by atoms with E-state index in [1.807, 2.05) is 0 Å². The van der Waals surface area contributed by atoms with Crippen LogP contribution in [0, 0.1) is 0 Å². The number of ether oxygens (including phenoxy) is 1. The maximum Gasteiger partial charge on any atom is 0.427 e. The zero-order valence-electron chi connectivity index (χ0n) is 12.7. The highest BCUT2D eigenvalue weighted by molar-refractivity contribution is 5.99. The van der Waals surface area contributed by atoms with Crippen LogP contribution in [0.15, 0.2) is 45.9 Å². The molecule has 7 heteroatoms. The summed E-state index contributed by atoms with van der Waals surface area (Å²) in [4.78, 5) is 22.0. The molecule has 0 saturated heterocycles. The number of hydrogen-bond acceptors (Lipinski definition) is 5. The molecular formula is C16H16N2O5. The van der Waals surface area contributed by atoms with Crippen molar-refractivity contribution >= 4 is 17.8 Å². The number of furan rings is 1. The third-order valence-electron chi connectivity index (χ3n) is 2.99. The SMILES string of the molecule is CCOC(=O)N/N=C(/C)c1ccc(-c2ccc(C(=O)O)o2)cc1. The van der Waals surface area contributed by atoms with Crippen molar-refractivity contribution in [3.05, 3.63) is 47.7 Å². The molecule has 2 N–H and O–H groups in total. The molecule has 1 aromatic carbocycles. The van der Waals surface area contributed by atoms with Gasteiger partial charge >= 0.3 is 12.1 Å². The van der Waals surface area contributed by atoms with Crippen LogP contribution in [0.5, 0.6) is 0 Å². The Kier molecular flexibility index (Phi) is 5.14. The van der Waals surface area contributed by atoms with E-state index < -0.39 is 12.1 Å². The van der Waals surface area contributed by atoms with Crippen LogP contribution in [0.2, 0.25) is 0 Å². The Labute approximate surface area is 132 Å². The topological polar surface area (TPSA) is 101 Å². The monoisotopic (exact) mass is 316 g/mol. The van der Waals surface area contributed by atoms with E-state index in [0.717, 1.165) is 11.1 Å². The maximum absolute atomic E-state index is 11.2. The number of hydrogen-bond donors (Lipinski definition) is 2. The quantitative estimate of drug-likeness (QED) is 0.652. The van der Waals surface area contributed by atoms with Crippen LogP contribution >= 0.6 is 0 Å². The summed E-state index contributed by atoms with van der Waals surface area (Å²) >= 11 is 0. The Morgan fingerprint density at radius 3 is 2.48 bits per heavy atom. The minimum absolute atomic E-state index is 0.111. The summed E-state index contributed by atoms with van der Waals surface area (Å²) in [5.74, 6) is -0.755. The van der Waals surface area contributed by atoms with Crippen molar-refractivity contribution in [3.8, 4) is 11.3 Å². The minimum atomic E-state index is -1.11. The summed E-state index contributed by atoms with van der Waals surface area (Å²) in [5, 5.41) is 12.8. The molecule has 0 bridgehead atoms. The fourth-order valence-corrected chi connectivity index (χ4v) is 1.84. The van der Waals surface area contributed by atoms with Crippen molar-refractivity contribution in [1.82, 2.24) is 5.43 Å². The Bertz CT molecular complexity index is 731. The first-order chi connectivity index (χ1) is 11.0. The van der Waals surface area contributed by atoms with Crippen molar-refractivity contribution in [1.29, 1.82) is 0 Å². The molecule has 0 radical (unpaired) electrons. The molecule has 1 heterocycles. The van der Waals surface area contributed by atoms with Crippen molar-refractivity contribution in [2.24, 2.45) is 5.10 Å². The fraction of sp³-hybridized carbons (Fsp3) is 0.188. The molecule has 1 aromatic heterocycles. The summed E-state index contributed by atoms with van der Waals surface area (Å²) in [7, 11) is 0. The second-order valence-corrected chi connectivity index (χ2v) is 4.58. The lowest BCUT2D eigenvalue weighted by molar-refractivity contribution is 0.0663. The van der Waals surface area contributed by atoms with E-state index >= 15 is 0 Å². The zero-order valence-corrected chi connectivity index (χ0v) is 12.7. The number of aromatic carboxylic acids is 1. The molecule has 0 aliphatic rings. The van der Waals surface area contributed by atoms with Crippen LogP contribution in [0.1, 0.15) is 30.0 Å². The van der Waals surface area contributed by atoms with Crippen molar-refractivity contribution in [3.63, 3.8) is 0 Å². The molecule has 2 aromatic rings. The molecule has 0 unspecified atom stereocenters. The Balaban J connectivity index is 2.10. The van der Waals surface area contributed by atoms with Crippen LogP contribution in [-0.2, 0) is 4.74 Å². The van der Waals surface area contributed by atoms with Gasteiger partial charge in [0.25, 0.3) is 0 Å². The van der Waals surface area contributed by atoms with Crippen molar-refractivity contribution in [2.75, 3.05) is 6.61 Å². The lowest BCUT2D eigenvalue weighted by Crippen LogP contribution is -2.20. The van der Waals surface area contributed by atoms with Crippen LogP contribution in [0.3, 0.4) is 0 Å². The predicted molar refractivity (Wildman–Crippen MR) is 83.5 cm³/mol. The number of rotatable bonds is 5. The maximum atomic E-state index is 11.2. The summed E-state index contributed by atoms with van der Waals surface area (Å²) in [5.41, 5.74) is 4.44. The van der Waals surface area contributed by atoms with Gasteiger partial charge in [0.05, 0.1) is 12.3 Å². The standard InChI is InChI=1S/C16H16N2O5/c1-3-22-16(21)18-17-10(2)11-4-6-12(7-5-11)13-8-9-14(23-13)15(19)20/h4-9H,3H2,1-2H3,(H,18,21)(H,19,20)/b17-10-. The number of carboxylic acid groups (broad SMARTS) is 1. The Morgan fingerprint density at radius 2 is 1.91 bits per heavy atom. The third-order valence-corrected chi connectivity index (χ3v) is 2.99. The van der Waals surface area contributed by atoms with E-state index in [1.165, 1.54) is 6.07 Å². The summed E-state index contributed by atoms with van der Waals surface area (Å²) in [6.45, 7) is 3.73. The number of nitrogens with zero attached hydrogens (tertiary/aromatic N) is 1. The van der Waals surface area contributed by atoms with E-state index in [1.54, 1.807) is 44.2 Å². The molecule has 2 rings (SSSR count). The molecule has 23 heavy (non-hydrogen) atoms. The highest BCUT2D eigenvalue weighted by atomic mass is 16.5. The zero-order chi connectivity index (χ0) is 16.8. The van der Waals surface area contributed by atoms with Gasteiger partial charge in [-0.15, -0.1) is 0 Å². The van der Waals surface area contributed by atoms with Crippen LogP contribution in [0.25, 0.3) is 11.3 Å². The average Bonchev–Trinajstić information content (AvgIpc) is 3.03. The van der Waals surface area contributed by atoms with E-state index in [9.17, 15) is 9.59 Å². The van der Waals surface area contributed by atoms with Gasteiger partial charge in [0.1, 0.15) is 5.76 Å². The van der Waals surface area contributed by atoms with Gasteiger partial charge in [-0.05, 0) is 31.5 Å².